The number of nitrogens with zero attached hydrogens (tertiary/aromatic N) is 1. The van der Waals surface area contributed by atoms with E-state index < -0.39 is 9.84 Å². The van der Waals surface area contributed by atoms with E-state index in [-0.39, 0.29) is 10.6 Å². The van der Waals surface area contributed by atoms with Gasteiger partial charge in [0.25, 0.3) is 0 Å². The van der Waals surface area contributed by atoms with E-state index in [1.54, 1.807) is 37.3 Å². The van der Waals surface area contributed by atoms with Crippen molar-refractivity contribution < 1.29 is 13.2 Å². The van der Waals surface area contributed by atoms with Crippen molar-refractivity contribution in [2.24, 2.45) is 0 Å². The second-order valence-corrected chi connectivity index (χ2v) is 6.44. The number of methoxy groups -OCH3 is 1. The van der Waals surface area contributed by atoms with E-state index in [1.807, 2.05) is 0 Å². The van der Waals surface area contributed by atoms with E-state index in [0.717, 1.165) is 5.56 Å². The molecule has 0 amide bonds. The normalized spacial score (nSPS) is 11.3. The van der Waals surface area contributed by atoms with Gasteiger partial charge in [-0.1, -0.05) is 6.07 Å². The number of hydrogen-bond acceptors (Lipinski definition) is 5. The molecule has 0 saturated heterocycles. The molecule has 2 N–H and O–H groups in total. The van der Waals surface area contributed by atoms with Gasteiger partial charge in [-0.2, -0.15) is 0 Å². The molecule has 0 saturated carbocycles. The lowest BCUT2D eigenvalue weighted by atomic mass is 10.2. The molecular weight excluding hydrogens is 276 g/mol. The van der Waals surface area contributed by atoms with Gasteiger partial charge < -0.3 is 10.5 Å². The highest BCUT2D eigenvalue weighted by Crippen LogP contribution is 2.21. The minimum atomic E-state index is -3.45. The number of aromatic nitrogens is 1. The molecule has 0 unspecified atom stereocenters. The molecule has 0 aliphatic rings. The molecule has 106 valence electrons. The number of sulfone groups is 1. The highest BCUT2D eigenvalue weighted by molar-refractivity contribution is 7.90. The number of aryl methyl sites for hydroxylation is 1. The third-order valence-electron chi connectivity index (χ3n) is 2.93. The van der Waals surface area contributed by atoms with Crippen molar-refractivity contribution in [1.82, 2.24) is 4.98 Å². The van der Waals surface area contributed by atoms with Gasteiger partial charge in [0.1, 0.15) is 0 Å². The van der Waals surface area contributed by atoms with Crippen molar-refractivity contribution in [3.05, 3.63) is 47.7 Å². The van der Waals surface area contributed by atoms with Gasteiger partial charge >= 0.3 is 0 Å². The van der Waals surface area contributed by atoms with E-state index in [9.17, 15) is 8.42 Å². The zero-order valence-electron chi connectivity index (χ0n) is 11.3. The van der Waals surface area contributed by atoms with Gasteiger partial charge in [-0.3, -0.25) is 0 Å². The molecule has 0 spiro atoms. The van der Waals surface area contributed by atoms with Crippen LogP contribution in [0.2, 0.25) is 0 Å². The molecule has 2 aromatic rings. The molecule has 1 heterocycles. The molecule has 6 heteroatoms. The summed E-state index contributed by atoms with van der Waals surface area (Å²) in [6.07, 6.45) is 0. The van der Waals surface area contributed by atoms with Crippen LogP contribution in [0.3, 0.4) is 0 Å². The number of nitrogen functional groups attached to an aromatic ring is 1. The first-order chi connectivity index (χ1) is 9.42. The Morgan fingerprint density at radius 3 is 2.65 bits per heavy atom. The van der Waals surface area contributed by atoms with Crippen LogP contribution >= 0.6 is 0 Å². The summed E-state index contributed by atoms with van der Waals surface area (Å²) in [5, 5.41) is 0. The number of benzene rings is 1. The van der Waals surface area contributed by atoms with Crippen molar-refractivity contribution >= 4 is 15.5 Å². The number of rotatable bonds is 4. The highest BCUT2D eigenvalue weighted by atomic mass is 32.2. The average molecular weight is 292 g/mol. The minimum Gasteiger partial charge on any atom is -0.481 e. The lowest BCUT2D eigenvalue weighted by Gasteiger charge is -2.07. The molecule has 2 rings (SSSR count). The zero-order chi connectivity index (χ0) is 14.8. The van der Waals surface area contributed by atoms with Gasteiger partial charge in [-0.15, -0.1) is 0 Å². The second kappa shape index (κ2) is 5.50. The van der Waals surface area contributed by atoms with E-state index in [2.05, 4.69) is 4.98 Å². The van der Waals surface area contributed by atoms with Crippen molar-refractivity contribution in [2.75, 3.05) is 12.8 Å². The number of nitrogens with two attached hydrogens (primary N) is 1. The summed E-state index contributed by atoms with van der Waals surface area (Å²) >= 11 is 0. The van der Waals surface area contributed by atoms with Crippen LogP contribution in [-0.4, -0.2) is 20.5 Å². The second-order valence-electron chi connectivity index (χ2n) is 4.45. The van der Waals surface area contributed by atoms with Gasteiger partial charge in [0, 0.05) is 11.8 Å². The van der Waals surface area contributed by atoms with Gasteiger partial charge in [-0.25, -0.2) is 13.4 Å². The summed E-state index contributed by atoms with van der Waals surface area (Å²) < 4.78 is 29.7. The largest absolute Gasteiger partial charge is 0.481 e. The molecule has 0 atom stereocenters. The van der Waals surface area contributed by atoms with Gasteiger partial charge in [0.15, 0.2) is 9.84 Å². The molecule has 1 aromatic heterocycles. The van der Waals surface area contributed by atoms with E-state index in [4.69, 9.17) is 10.5 Å². The summed E-state index contributed by atoms with van der Waals surface area (Å²) in [5.74, 6) is 0.222. The topological polar surface area (TPSA) is 82.3 Å². The zero-order valence-corrected chi connectivity index (χ0v) is 12.1. The highest BCUT2D eigenvalue weighted by Gasteiger charge is 2.17. The Labute approximate surface area is 118 Å². The fraction of sp³-hybridized carbons (Fsp3) is 0.214. The first-order valence-corrected chi connectivity index (χ1v) is 7.66. The number of ether oxygens (including phenoxy) is 1. The Bertz CT molecular complexity index is 727. The molecule has 5 nitrogen and oxygen atoms in total. The standard InChI is InChI=1S/C14H16N2O3S/c1-10-8-12(6-7-13(10)15)20(17,18)9-11-4-3-5-14(16-11)19-2/h3-8H,9,15H2,1-2H3. The summed E-state index contributed by atoms with van der Waals surface area (Å²) in [7, 11) is -1.96. The van der Waals surface area contributed by atoms with Gasteiger partial charge in [0.05, 0.1) is 23.5 Å². The Morgan fingerprint density at radius 2 is 2.00 bits per heavy atom. The monoisotopic (exact) mass is 292 g/mol. The van der Waals surface area contributed by atoms with Crippen LogP contribution in [0.1, 0.15) is 11.3 Å². The Kier molecular flexibility index (Phi) is 3.94. The number of hydrogen-bond donors (Lipinski definition) is 1. The fourth-order valence-corrected chi connectivity index (χ4v) is 3.12. The lowest BCUT2D eigenvalue weighted by molar-refractivity contribution is 0.396. The van der Waals surface area contributed by atoms with Crippen LogP contribution in [-0.2, 0) is 15.6 Å². The molecule has 0 radical (unpaired) electrons. The molecule has 0 aliphatic carbocycles. The quantitative estimate of drug-likeness (QED) is 0.871. The molecule has 1 aromatic carbocycles. The first kappa shape index (κ1) is 14.3. The van der Waals surface area contributed by atoms with Crippen molar-refractivity contribution in [1.29, 1.82) is 0 Å². The Balaban J connectivity index is 2.32. The molecular formula is C14H16N2O3S. The minimum absolute atomic E-state index is 0.173. The maximum atomic E-state index is 12.3. The van der Waals surface area contributed by atoms with Crippen molar-refractivity contribution in [2.45, 2.75) is 17.6 Å². The van der Waals surface area contributed by atoms with Crippen LogP contribution in [0.5, 0.6) is 5.88 Å². The molecule has 20 heavy (non-hydrogen) atoms. The molecule has 0 fully saturated rings. The summed E-state index contributed by atoms with van der Waals surface area (Å²) in [6, 6.07) is 9.72. The summed E-state index contributed by atoms with van der Waals surface area (Å²) in [4.78, 5) is 4.36. The van der Waals surface area contributed by atoms with Crippen molar-refractivity contribution in [3.63, 3.8) is 0 Å². The smallest absolute Gasteiger partial charge is 0.213 e. The van der Waals surface area contributed by atoms with E-state index in [1.165, 1.54) is 13.2 Å². The van der Waals surface area contributed by atoms with Crippen LogP contribution in [0.15, 0.2) is 41.3 Å². The van der Waals surface area contributed by atoms with Crippen LogP contribution < -0.4 is 10.5 Å². The van der Waals surface area contributed by atoms with Gasteiger partial charge in [-0.05, 0) is 36.8 Å². The van der Waals surface area contributed by atoms with Crippen LogP contribution in [0.4, 0.5) is 5.69 Å². The number of anilines is 1. The van der Waals surface area contributed by atoms with Crippen LogP contribution in [0, 0.1) is 6.92 Å². The Hall–Kier alpha value is -2.08. The third kappa shape index (κ3) is 3.08. The number of pyridine rings is 1. The first-order valence-electron chi connectivity index (χ1n) is 6.01. The van der Waals surface area contributed by atoms with Gasteiger partial charge in [0.2, 0.25) is 5.88 Å². The fourth-order valence-electron chi connectivity index (χ4n) is 1.77. The summed E-state index contributed by atoms with van der Waals surface area (Å²) in [6.45, 7) is 1.78. The predicted octanol–water partition coefficient (Wildman–Crippen LogP) is 1.95. The van der Waals surface area contributed by atoms with Crippen molar-refractivity contribution in [3.8, 4) is 5.88 Å². The van der Waals surface area contributed by atoms with E-state index >= 15 is 0 Å². The van der Waals surface area contributed by atoms with Crippen LogP contribution in [0.25, 0.3) is 0 Å². The predicted molar refractivity (Wildman–Crippen MR) is 77.3 cm³/mol. The Morgan fingerprint density at radius 1 is 1.25 bits per heavy atom. The third-order valence-corrected chi connectivity index (χ3v) is 4.58. The maximum Gasteiger partial charge on any atom is 0.213 e. The average Bonchev–Trinajstić information content (AvgIpc) is 2.41. The molecule has 0 bridgehead atoms. The SMILES string of the molecule is COc1cccc(CS(=O)(=O)c2ccc(N)c(C)c2)n1. The maximum absolute atomic E-state index is 12.3. The van der Waals surface area contributed by atoms with E-state index in [0.29, 0.717) is 17.3 Å². The molecule has 0 aliphatic heterocycles. The summed E-state index contributed by atoms with van der Waals surface area (Å²) in [5.41, 5.74) is 7.46. The lowest BCUT2D eigenvalue weighted by Crippen LogP contribution is -2.07.